The van der Waals surface area contributed by atoms with Gasteiger partial charge in [0.15, 0.2) is 0 Å². The predicted molar refractivity (Wildman–Crippen MR) is 61.2 cm³/mol. The molecule has 0 aliphatic carbocycles. The van der Waals surface area contributed by atoms with Crippen LogP contribution in [0, 0.1) is 11.7 Å². The van der Waals surface area contributed by atoms with Gasteiger partial charge >= 0.3 is 6.18 Å². The van der Waals surface area contributed by atoms with E-state index in [-0.39, 0.29) is 18.9 Å². The van der Waals surface area contributed by atoms with Gasteiger partial charge in [0.1, 0.15) is 5.82 Å². The Labute approximate surface area is 112 Å². The Balaban J connectivity index is 2.39. The first-order valence-corrected chi connectivity index (χ1v) is 5.92. The lowest BCUT2D eigenvalue weighted by atomic mass is 10.1. The van der Waals surface area contributed by atoms with E-state index in [1.165, 1.54) is 0 Å². The first-order chi connectivity index (χ1) is 9.21. The Morgan fingerprint density at radius 1 is 1.35 bits per heavy atom. The molecule has 1 aliphatic rings. The summed E-state index contributed by atoms with van der Waals surface area (Å²) in [5.74, 6) is -3.25. The largest absolute Gasteiger partial charge is 0.419 e. The fourth-order valence-electron chi connectivity index (χ4n) is 2.14. The summed E-state index contributed by atoms with van der Waals surface area (Å²) in [6.45, 7) is 1.82. The number of carbonyl (C=O) groups excluding carboxylic acids is 2. The highest BCUT2D eigenvalue weighted by Gasteiger charge is 2.38. The third kappa shape index (κ3) is 2.52. The third-order valence-electron chi connectivity index (χ3n) is 3.10. The summed E-state index contributed by atoms with van der Waals surface area (Å²) < 4.78 is 51.5. The summed E-state index contributed by atoms with van der Waals surface area (Å²) in [4.78, 5) is 24.3. The van der Waals surface area contributed by atoms with Gasteiger partial charge in [-0.3, -0.25) is 14.5 Å². The van der Waals surface area contributed by atoms with Gasteiger partial charge in [0, 0.05) is 13.0 Å². The second-order valence-electron chi connectivity index (χ2n) is 4.78. The quantitative estimate of drug-likeness (QED) is 0.589. The molecule has 1 heterocycles. The lowest BCUT2D eigenvalue weighted by Crippen LogP contribution is -2.33. The average Bonchev–Trinajstić information content (AvgIpc) is 2.66. The van der Waals surface area contributed by atoms with Gasteiger partial charge < -0.3 is 0 Å². The molecule has 0 radical (unpaired) electrons. The van der Waals surface area contributed by atoms with Crippen LogP contribution in [-0.2, 0) is 11.0 Å². The number of likely N-dealkylation sites (tertiary alicyclic amines) is 1. The summed E-state index contributed by atoms with van der Waals surface area (Å²) >= 11 is 0. The van der Waals surface area contributed by atoms with Crippen LogP contribution >= 0.6 is 0 Å². The number of hydrogen-bond acceptors (Lipinski definition) is 2. The van der Waals surface area contributed by atoms with Gasteiger partial charge in [0.2, 0.25) is 5.91 Å². The van der Waals surface area contributed by atoms with Crippen molar-refractivity contribution in [1.29, 1.82) is 0 Å². The zero-order valence-electron chi connectivity index (χ0n) is 10.5. The first kappa shape index (κ1) is 14.5. The highest BCUT2D eigenvalue weighted by Crippen LogP contribution is 2.33. The zero-order chi connectivity index (χ0) is 15.1. The van der Waals surface area contributed by atoms with Crippen molar-refractivity contribution in [2.24, 2.45) is 5.92 Å². The smallest absolute Gasteiger partial charge is 0.278 e. The fourth-order valence-corrected chi connectivity index (χ4v) is 2.14. The second-order valence-corrected chi connectivity index (χ2v) is 4.78. The molecule has 2 amide bonds. The lowest BCUT2D eigenvalue weighted by Gasteiger charge is -2.16. The maximum Gasteiger partial charge on any atom is 0.419 e. The minimum absolute atomic E-state index is 0.0830. The molecular weight excluding hydrogens is 278 g/mol. The van der Waals surface area contributed by atoms with Crippen molar-refractivity contribution in [1.82, 2.24) is 4.90 Å². The van der Waals surface area contributed by atoms with Gasteiger partial charge in [-0.2, -0.15) is 13.2 Å². The Morgan fingerprint density at radius 2 is 2.00 bits per heavy atom. The average molecular weight is 289 g/mol. The number of halogens is 4. The van der Waals surface area contributed by atoms with E-state index in [1.807, 2.05) is 0 Å². The molecule has 7 heteroatoms. The Morgan fingerprint density at radius 3 is 2.50 bits per heavy atom. The van der Waals surface area contributed by atoms with Crippen LogP contribution in [0.3, 0.4) is 0 Å². The summed E-state index contributed by atoms with van der Waals surface area (Å²) in [7, 11) is 0. The van der Waals surface area contributed by atoms with E-state index in [9.17, 15) is 27.2 Å². The summed E-state index contributed by atoms with van der Waals surface area (Å²) in [5, 5.41) is 0. The van der Waals surface area contributed by atoms with E-state index >= 15 is 0 Å². The zero-order valence-corrected chi connectivity index (χ0v) is 10.5. The number of imide groups is 1. The predicted octanol–water partition coefficient (Wildman–Crippen LogP) is 2.85. The highest BCUT2D eigenvalue weighted by molar-refractivity contribution is 6.05. The standard InChI is InChI=1S/C13H11F4NO2/c1-7-5-10(19)18(6-7)12(20)8-3-2-4-9(11(8)14)13(15,16)17/h2-4,7H,5-6H2,1H3. The Hall–Kier alpha value is -1.92. The van der Waals surface area contributed by atoms with Crippen molar-refractivity contribution in [3.63, 3.8) is 0 Å². The molecule has 20 heavy (non-hydrogen) atoms. The molecule has 0 aromatic heterocycles. The number of hydrogen-bond donors (Lipinski definition) is 0. The molecule has 2 rings (SSSR count). The number of amides is 2. The molecule has 1 atom stereocenters. The van der Waals surface area contributed by atoms with Crippen LogP contribution in [0.4, 0.5) is 17.6 Å². The van der Waals surface area contributed by atoms with E-state index in [4.69, 9.17) is 0 Å². The van der Waals surface area contributed by atoms with Crippen LogP contribution in [0.15, 0.2) is 18.2 Å². The van der Waals surface area contributed by atoms with Gasteiger partial charge in [0.05, 0.1) is 11.1 Å². The van der Waals surface area contributed by atoms with Crippen molar-refractivity contribution in [3.05, 3.63) is 35.1 Å². The monoisotopic (exact) mass is 289 g/mol. The van der Waals surface area contributed by atoms with Gasteiger partial charge in [-0.25, -0.2) is 4.39 Å². The van der Waals surface area contributed by atoms with Crippen molar-refractivity contribution >= 4 is 11.8 Å². The SMILES string of the molecule is CC1CC(=O)N(C(=O)c2cccc(C(F)(F)F)c2F)C1. The number of rotatable bonds is 1. The summed E-state index contributed by atoms with van der Waals surface area (Å²) in [6.07, 6.45) is -4.75. The van der Waals surface area contributed by atoms with Crippen molar-refractivity contribution in [2.75, 3.05) is 6.54 Å². The number of nitrogens with zero attached hydrogens (tertiary/aromatic N) is 1. The summed E-state index contributed by atoms with van der Waals surface area (Å²) in [5.41, 5.74) is -2.25. The van der Waals surface area contributed by atoms with Crippen LogP contribution in [0.2, 0.25) is 0 Å². The molecule has 108 valence electrons. The molecule has 1 aromatic rings. The van der Waals surface area contributed by atoms with E-state index < -0.39 is 34.9 Å². The van der Waals surface area contributed by atoms with Crippen LogP contribution < -0.4 is 0 Å². The Kier molecular flexibility index (Phi) is 3.54. The molecule has 1 aromatic carbocycles. The van der Waals surface area contributed by atoms with E-state index in [0.29, 0.717) is 6.07 Å². The molecular formula is C13H11F4NO2. The third-order valence-corrected chi connectivity index (χ3v) is 3.10. The minimum atomic E-state index is -4.89. The molecule has 0 spiro atoms. The van der Waals surface area contributed by atoms with Crippen LogP contribution in [0.5, 0.6) is 0 Å². The van der Waals surface area contributed by atoms with Gasteiger partial charge in [-0.15, -0.1) is 0 Å². The summed E-state index contributed by atoms with van der Waals surface area (Å²) in [6, 6.07) is 2.45. The van der Waals surface area contributed by atoms with Crippen molar-refractivity contribution in [2.45, 2.75) is 19.5 Å². The van der Waals surface area contributed by atoms with E-state index in [0.717, 1.165) is 17.0 Å². The number of carbonyl (C=O) groups is 2. The van der Waals surface area contributed by atoms with Crippen LogP contribution in [0.25, 0.3) is 0 Å². The van der Waals surface area contributed by atoms with E-state index in [2.05, 4.69) is 0 Å². The van der Waals surface area contributed by atoms with E-state index in [1.54, 1.807) is 6.92 Å². The normalized spacial score (nSPS) is 19.6. The molecule has 1 fully saturated rings. The van der Waals surface area contributed by atoms with Crippen LogP contribution in [-0.4, -0.2) is 23.3 Å². The fraction of sp³-hybridized carbons (Fsp3) is 0.385. The maximum atomic E-state index is 13.8. The lowest BCUT2D eigenvalue weighted by molar-refractivity contribution is -0.140. The highest BCUT2D eigenvalue weighted by atomic mass is 19.4. The molecule has 0 bridgehead atoms. The first-order valence-electron chi connectivity index (χ1n) is 5.92. The van der Waals surface area contributed by atoms with Crippen molar-refractivity contribution < 1.29 is 27.2 Å². The van der Waals surface area contributed by atoms with Crippen molar-refractivity contribution in [3.8, 4) is 0 Å². The molecule has 1 saturated heterocycles. The molecule has 3 nitrogen and oxygen atoms in total. The van der Waals surface area contributed by atoms with Gasteiger partial charge in [-0.05, 0) is 18.1 Å². The minimum Gasteiger partial charge on any atom is -0.278 e. The molecule has 0 N–H and O–H groups in total. The van der Waals surface area contributed by atoms with Gasteiger partial charge in [0.25, 0.3) is 5.91 Å². The molecule has 1 unspecified atom stereocenters. The molecule has 0 saturated carbocycles. The Bertz CT molecular complexity index is 568. The second kappa shape index (κ2) is 4.88. The molecule has 1 aliphatic heterocycles. The number of benzene rings is 1. The van der Waals surface area contributed by atoms with Gasteiger partial charge in [-0.1, -0.05) is 13.0 Å². The number of alkyl halides is 3. The topological polar surface area (TPSA) is 37.4 Å². The maximum absolute atomic E-state index is 13.8. The van der Waals surface area contributed by atoms with Crippen LogP contribution in [0.1, 0.15) is 29.3 Å².